The van der Waals surface area contributed by atoms with Crippen LogP contribution in [0, 0.1) is 12.7 Å². The molecule has 0 saturated carbocycles. The van der Waals surface area contributed by atoms with Gasteiger partial charge in [-0.3, -0.25) is 9.98 Å². The zero-order chi connectivity index (χ0) is 15.1. The van der Waals surface area contributed by atoms with E-state index in [1.807, 2.05) is 25.1 Å². The number of rotatable bonds is 4. The molecular weight excluding hydrogens is 394 g/mol. The smallest absolute Gasteiger partial charge is 0.191 e. The van der Waals surface area contributed by atoms with Crippen LogP contribution in [-0.4, -0.2) is 18.0 Å². The van der Waals surface area contributed by atoms with Gasteiger partial charge in [0.05, 0.1) is 12.2 Å². The van der Waals surface area contributed by atoms with Crippen molar-refractivity contribution >= 4 is 29.9 Å². The zero-order valence-electron chi connectivity index (χ0n) is 12.6. The Kier molecular flexibility index (Phi) is 7.79. The van der Waals surface area contributed by atoms with Crippen LogP contribution < -0.4 is 10.6 Å². The molecule has 22 heavy (non-hydrogen) atoms. The second-order valence-corrected chi connectivity index (χ2v) is 4.68. The maximum atomic E-state index is 13.1. The summed E-state index contributed by atoms with van der Waals surface area (Å²) in [4.78, 5) is 8.46. The van der Waals surface area contributed by atoms with E-state index in [0.29, 0.717) is 19.0 Å². The molecule has 0 aliphatic carbocycles. The summed E-state index contributed by atoms with van der Waals surface area (Å²) in [5, 5.41) is 6.34. The van der Waals surface area contributed by atoms with Crippen molar-refractivity contribution in [2.45, 2.75) is 20.0 Å². The van der Waals surface area contributed by atoms with Crippen LogP contribution in [0.25, 0.3) is 0 Å². The Hall–Kier alpha value is -1.70. The molecule has 4 nitrogen and oxygen atoms in total. The van der Waals surface area contributed by atoms with E-state index in [2.05, 4.69) is 20.6 Å². The Morgan fingerprint density at radius 1 is 1.18 bits per heavy atom. The van der Waals surface area contributed by atoms with Crippen molar-refractivity contribution in [3.63, 3.8) is 0 Å². The van der Waals surface area contributed by atoms with Gasteiger partial charge in [0.1, 0.15) is 5.82 Å². The number of hydrogen-bond donors (Lipinski definition) is 2. The van der Waals surface area contributed by atoms with Crippen LogP contribution in [0.1, 0.15) is 16.8 Å². The number of nitrogens with zero attached hydrogens (tertiary/aromatic N) is 2. The van der Waals surface area contributed by atoms with Crippen molar-refractivity contribution in [2.75, 3.05) is 7.05 Å². The van der Waals surface area contributed by atoms with E-state index in [4.69, 9.17) is 0 Å². The largest absolute Gasteiger partial charge is 0.352 e. The SMILES string of the molecule is CN=C(NCc1cccc(F)c1)NCc1ncccc1C.I. The molecular formula is C16H20FIN4. The van der Waals surface area contributed by atoms with Crippen molar-refractivity contribution in [3.8, 4) is 0 Å². The lowest BCUT2D eigenvalue weighted by Crippen LogP contribution is -2.36. The topological polar surface area (TPSA) is 49.3 Å². The molecule has 2 rings (SSSR count). The molecule has 0 amide bonds. The van der Waals surface area contributed by atoms with Crippen molar-refractivity contribution in [1.29, 1.82) is 0 Å². The van der Waals surface area contributed by atoms with Gasteiger partial charge in [-0.1, -0.05) is 18.2 Å². The minimum Gasteiger partial charge on any atom is -0.352 e. The normalized spacial score (nSPS) is 10.8. The molecule has 0 unspecified atom stereocenters. The van der Waals surface area contributed by atoms with Crippen LogP contribution in [0.2, 0.25) is 0 Å². The van der Waals surface area contributed by atoms with Gasteiger partial charge in [-0.05, 0) is 36.2 Å². The lowest BCUT2D eigenvalue weighted by atomic mass is 10.2. The average Bonchev–Trinajstić information content (AvgIpc) is 2.49. The van der Waals surface area contributed by atoms with Crippen LogP contribution in [0.4, 0.5) is 4.39 Å². The van der Waals surface area contributed by atoms with Gasteiger partial charge in [0.2, 0.25) is 0 Å². The standard InChI is InChI=1S/C16H19FN4.HI/c1-12-5-4-8-19-15(12)11-21-16(18-2)20-10-13-6-3-7-14(17)9-13;/h3-9H,10-11H2,1-2H3,(H2,18,20,21);1H. The summed E-state index contributed by atoms with van der Waals surface area (Å²) < 4.78 is 13.1. The molecule has 0 fully saturated rings. The van der Waals surface area contributed by atoms with E-state index in [1.165, 1.54) is 12.1 Å². The summed E-state index contributed by atoms with van der Waals surface area (Å²) in [5.74, 6) is 0.422. The zero-order valence-corrected chi connectivity index (χ0v) is 15.0. The molecule has 1 aromatic heterocycles. The van der Waals surface area contributed by atoms with E-state index < -0.39 is 0 Å². The third-order valence-electron chi connectivity index (χ3n) is 3.11. The van der Waals surface area contributed by atoms with Gasteiger partial charge in [0.15, 0.2) is 5.96 Å². The second kappa shape index (κ2) is 9.34. The van der Waals surface area contributed by atoms with Gasteiger partial charge in [0.25, 0.3) is 0 Å². The molecule has 0 spiro atoms. The molecule has 0 bridgehead atoms. The second-order valence-electron chi connectivity index (χ2n) is 4.68. The first-order chi connectivity index (χ1) is 10.2. The van der Waals surface area contributed by atoms with E-state index in [9.17, 15) is 4.39 Å². The van der Waals surface area contributed by atoms with E-state index >= 15 is 0 Å². The van der Waals surface area contributed by atoms with Crippen molar-refractivity contribution in [3.05, 3.63) is 65.2 Å². The highest BCUT2D eigenvalue weighted by atomic mass is 127. The number of halogens is 2. The van der Waals surface area contributed by atoms with Gasteiger partial charge in [0, 0.05) is 19.8 Å². The number of pyridine rings is 1. The van der Waals surface area contributed by atoms with Crippen LogP contribution in [0.15, 0.2) is 47.6 Å². The summed E-state index contributed by atoms with van der Waals surface area (Å²) in [5.41, 5.74) is 2.98. The first-order valence-corrected chi connectivity index (χ1v) is 6.78. The molecule has 2 N–H and O–H groups in total. The molecule has 6 heteroatoms. The summed E-state index contributed by atoms with van der Waals surface area (Å²) >= 11 is 0. The number of hydrogen-bond acceptors (Lipinski definition) is 2. The predicted molar refractivity (Wildman–Crippen MR) is 97.8 cm³/mol. The molecule has 1 heterocycles. The number of aliphatic imine (C=N–C) groups is 1. The summed E-state index contributed by atoms with van der Waals surface area (Å²) in [6.07, 6.45) is 1.77. The fourth-order valence-electron chi connectivity index (χ4n) is 1.92. The molecule has 2 aromatic rings. The van der Waals surface area contributed by atoms with Gasteiger partial charge in [-0.2, -0.15) is 0 Å². The Morgan fingerprint density at radius 3 is 2.64 bits per heavy atom. The van der Waals surface area contributed by atoms with Crippen molar-refractivity contribution in [2.24, 2.45) is 4.99 Å². The fourth-order valence-corrected chi connectivity index (χ4v) is 1.92. The number of aromatic nitrogens is 1. The highest BCUT2D eigenvalue weighted by molar-refractivity contribution is 14.0. The Morgan fingerprint density at radius 2 is 1.95 bits per heavy atom. The third kappa shape index (κ3) is 5.59. The lowest BCUT2D eigenvalue weighted by molar-refractivity contribution is 0.624. The maximum absolute atomic E-state index is 13.1. The minimum absolute atomic E-state index is 0. The fraction of sp³-hybridized carbons (Fsp3) is 0.250. The van der Waals surface area contributed by atoms with Crippen LogP contribution in [0.3, 0.4) is 0 Å². The lowest BCUT2D eigenvalue weighted by Gasteiger charge is -2.12. The minimum atomic E-state index is -0.235. The van der Waals surface area contributed by atoms with E-state index in [-0.39, 0.29) is 29.8 Å². The third-order valence-corrected chi connectivity index (χ3v) is 3.11. The van der Waals surface area contributed by atoms with E-state index in [1.54, 1.807) is 19.3 Å². The first kappa shape index (κ1) is 18.3. The number of benzene rings is 1. The van der Waals surface area contributed by atoms with Gasteiger partial charge >= 0.3 is 0 Å². The number of nitrogens with one attached hydrogen (secondary N) is 2. The van der Waals surface area contributed by atoms with Gasteiger partial charge < -0.3 is 10.6 Å². The summed E-state index contributed by atoms with van der Waals surface area (Å²) in [6, 6.07) is 10.4. The quantitative estimate of drug-likeness (QED) is 0.460. The molecule has 1 aromatic carbocycles. The molecule has 0 aliphatic rings. The summed E-state index contributed by atoms with van der Waals surface area (Å²) in [6.45, 7) is 3.13. The van der Waals surface area contributed by atoms with Crippen LogP contribution >= 0.6 is 24.0 Å². The molecule has 0 radical (unpaired) electrons. The van der Waals surface area contributed by atoms with E-state index in [0.717, 1.165) is 16.8 Å². The van der Waals surface area contributed by atoms with Crippen LogP contribution in [0.5, 0.6) is 0 Å². The Bertz CT molecular complexity index is 631. The van der Waals surface area contributed by atoms with Crippen molar-refractivity contribution in [1.82, 2.24) is 15.6 Å². The molecule has 0 atom stereocenters. The average molecular weight is 414 g/mol. The number of guanidine groups is 1. The molecule has 0 saturated heterocycles. The molecule has 0 aliphatic heterocycles. The molecule has 118 valence electrons. The predicted octanol–water partition coefficient (Wildman–Crippen LogP) is 3.01. The maximum Gasteiger partial charge on any atom is 0.191 e. The number of aryl methyl sites for hydroxylation is 1. The van der Waals surface area contributed by atoms with Crippen LogP contribution in [-0.2, 0) is 13.1 Å². The highest BCUT2D eigenvalue weighted by Crippen LogP contribution is 2.03. The highest BCUT2D eigenvalue weighted by Gasteiger charge is 2.02. The summed E-state index contributed by atoms with van der Waals surface area (Å²) in [7, 11) is 1.70. The van der Waals surface area contributed by atoms with Gasteiger partial charge in [-0.15, -0.1) is 24.0 Å². The van der Waals surface area contributed by atoms with Crippen molar-refractivity contribution < 1.29 is 4.39 Å². The monoisotopic (exact) mass is 414 g/mol. The van der Waals surface area contributed by atoms with Gasteiger partial charge in [-0.25, -0.2) is 4.39 Å². The first-order valence-electron chi connectivity index (χ1n) is 6.78. The Balaban J connectivity index is 0.00000242. The Labute approximate surface area is 147 Å².